The van der Waals surface area contributed by atoms with Crippen molar-refractivity contribution in [2.75, 3.05) is 0 Å². The largest absolute Gasteiger partial charge is 0.456 e. The molecule has 0 aliphatic carbocycles. The number of benzene rings is 2. The molecule has 0 spiro atoms. The minimum Gasteiger partial charge on any atom is -0.456 e. The average molecular weight is 358 g/mol. The summed E-state index contributed by atoms with van der Waals surface area (Å²) in [6.45, 7) is 1.52. The molecule has 0 fully saturated rings. The van der Waals surface area contributed by atoms with E-state index >= 15 is 0 Å². The van der Waals surface area contributed by atoms with E-state index in [9.17, 15) is 9.50 Å². The summed E-state index contributed by atoms with van der Waals surface area (Å²) in [6.07, 6.45) is -0.914. The van der Waals surface area contributed by atoms with E-state index in [1.807, 2.05) is 18.2 Å². The predicted octanol–water partition coefficient (Wildman–Crippen LogP) is 4.28. The fraction of sp³-hybridized carbons (Fsp3) is 0.143. The summed E-state index contributed by atoms with van der Waals surface area (Å²) < 4.78 is 20.3. The Morgan fingerprint density at radius 2 is 1.78 bits per heavy atom. The maximum atomic E-state index is 13.7. The average Bonchev–Trinajstić information content (AvgIpc) is 2.31. The van der Waals surface area contributed by atoms with Crippen LogP contribution in [0.15, 0.2) is 42.5 Å². The van der Waals surface area contributed by atoms with Gasteiger partial charge in [0.15, 0.2) is 0 Å². The molecule has 0 amide bonds. The van der Waals surface area contributed by atoms with Crippen LogP contribution in [0.4, 0.5) is 4.39 Å². The first-order chi connectivity index (χ1) is 8.59. The van der Waals surface area contributed by atoms with Crippen LogP contribution in [-0.2, 0) is 0 Å². The topological polar surface area (TPSA) is 29.5 Å². The van der Waals surface area contributed by atoms with Crippen LogP contribution < -0.4 is 4.74 Å². The Kier molecular flexibility index (Phi) is 4.19. The molecule has 1 atom stereocenters. The van der Waals surface area contributed by atoms with Gasteiger partial charge in [-0.3, -0.25) is 0 Å². The second kappa shape index (κ2) is 5.67. The molecule has 2 aromatic carbocycles. The first kappa shape index (κ1) is 13.3. The summed E-state index contributed by atoms with van der Waals surface area (Å²) in [6, 6.07) is 12.0. The minimum atomic E-state index is -0.914. The predicted molar refractivity (Wildman–Crippen MR) is 76.3 cm³/mol. The third kappa shape index (κ3) is 2.81. The number of aliphatic hydroxyl groups excluding tert-OH is 1. The third-order valence-corrected chi connectivity index (χ3v) is 3.38. The molecule has 0 bridgehead atoms. The van der Waals surface area contributed by atoms with E-state index in [4.69, 9.17) is 4.74 Å². The molecule has 1 N–H and O–H groups in total. The Balaban J connectivity index is 2.41. The first-order valence-corrected chi connectivity index (χ1v) is 6.56. The van der Waals surface area contributed by atoms with E-state index < -0.39 is 11.9 Å². The van der Waals surface area contributed by atoms with E-state index in [-0.39, 0.29) is 5.56 Å². The lowest BCUT2D eigenvalue weighted by molar-refractivity contribution is 0.190. The molecule has 4 heteroatoms. The van der Waals surface area contributed by atoms with Crippen molar-refractivity contribution in [3.63, 3.8) is 0 Å². The van der Waals surface area contributed by atoms with Gasteiger partial charge in [-0.05, 0) is 53.8 Å². The molecule has 0 saturated carbocycles. The fourth-order valence-electron chi connectivity index (χ4n) is 1.66. The number of hydrogen-bond donors (Lipinski definition) is 1. The number of rotatable bonds is 3. The van der Waals surface area contributed by atoms with Gasteiger partial charge < -0.3 is 9.84 Å². The number of para-hydroxylation sites is 1. The Hall–Kier alpha value is -1.14. The van der Waals surface area contributed by atoms with Gasteiger partial charge in [0, 0.05) is 0 Å². The lowest BCUT2D eigenvalue weighted by Crippen LogP contribution is -2.00. The summed E-state index contributed by atoms with van der Waals surface area (Å²) >= 11 is 2.14. The van der Waals surface area contributed by atoms with Gasteiger partial charge in [-0.2, -0.15) is 0 Å². The second-order valence-corrected chi connectivity index (χ2v) is 5.02. The molecule has 94 valence electrons. The molecule has 1 unspecified atom stereocenters. The van der Waals surface area contributed by atoms with Crippen LogP contribution in [0.1, 0.15) is 18.6 Å². The molecular formula is C14H12FIO2. The number of ether oxygens (including phenoxy) is 1. The van der Waals surface area contributed by atoms with Crippen LogP contribution in [0.3, 0.4) is 0 Å². The van der Waals surface area contributed by atoms with E-state index in [0.29, 0.717) is 11.5 Å². The molecule has 0 aliphatic heterocycles. The standard InChI is InChI=1S/C14H12FIO2/c1-9(17)14-10(15)5-4-8-13(14)18-12-7-3-2-6-11(12)16/h2-9,17H,1H3. The van der Waals surface area contributed by atoms with Crippen LogP contribution in [0.25, 0.3) is 0 Å². The molecule has 18 heavy (non-hydrogen) atoms. The molecule has 0 heterocycles. The molecule has 2 aromatic rings. The van der Waals surface area contributed by atoms with E-state index in [0.717, 1.165) is 3.57 Å². The van der Waals surface area contributed by atoms with Crippen LogP contribution in [0.2, 0.25) is 0 Å². The number of aliphatic hydroxyl groups is 1. The quantitative estimate of drug-likeness (QED) is 0.831. The Bertz CT molecular complexity index is 555. The van der Waals surface area contributed by atoms with Gasteiger partial charge in [0.25, 0.3) is 0 Å². The normalized spacial score (nSPS) is 12.2. The van der Waals surface area contributed by atoms with Crippen molar-refractivity contribution in [2.24, 2.45) is 0 Å². The zero-order valence-corrected chi connectivity index (χ0v) is 11.9. The summed E-state index contributed by atoms with van der Waals surface area (Å²) in [4.78, 5) is 0. The van der Waals surface area contributed by atoms with E-state index in [1.54, 1.807) is 18.2 Å². The fourth-order valence-corrected chi connectivity index (χ4v) is 2.16. The highest BCUT2D eigenvalue weighted by Gasteiger charge is 2.15. The Morgan fingerprint density at radius 1 is 1.11 bits per heavy atom. The van der Waals surface area contributed by atoms with Crippen LogP contribution in [0.5, 0.6) is 11.5 Å². The molecule has 0 aromatic heterocycles. The van der Waals surface area contributed by atoms with Crippen molar-refractivity contribution < 1.29 is 14.2 Å². The molecule has 0 aliphatic rings. The van der Waals surface area contributed by atoms with Crippen molar-refractivity contribution in [1.82, 2.24) is 0 Å². The highest BCUT2D eigenvalue weighted by molar-refractivity contribution is 14.1. The van der Waals surface area contributed by atoms with Crippen LogP contribution in [-0.4, -0.2) is 5.11 Å². The molecule has 0 radical (unpaired) electrons. The molecule has 0 saturated heterocycles. The lowest BCUT2D eigenvalue weighted by atomic mass is 10.1. The van der Waals surface area contributed by atoms with Gasteiger partial charge in [-0.25, -0.2) is 4.39 Å². The Labute approximate surface area is 119 Å². The first-order valence-electron chi connectivity index (χ1n) is 5.48. The van der Waals surface area contributed by atoms with E-state index in [2.05, 4.69) is 22.6 Å². The van der Waals surface area contributed by atoms with E-state index in [1.165, 1.54) is 13.0 Å². The molecule has 2 nitrogen and oxygen atoms in total. The van der Waals surface area contributed by atoms with Crippen molar-refractivity contribution in [3.05, 3.63) is 57.4 Å². The third-order valence-electron chi connectivity index (χ3n) is 2.49. The highest BCUT2D eigenvalue weighted by atomic mass is 127. The van der Waals surface area contributed by atoms with Crippen LogP contribution >= 0.6 is 22.6 Å². The SMILES string of the molecule is CC(O)c1c(F)cccc1Oc1ccccc1I. The summed E-state index contributed by atoms with van der Waals surface area (Å²) in [7, 11) is 0. The second-order valence-electron chi connectivity index (χ2n) is 3.86. The summed E-state index contributed by atoms with van der Waals surface area (Å²) in [5.74, 6) is 0.521. The van der Waals surface area contributed by atoms with Crippen molar-refractivity contribution in [3.8, 4) is 11.5 Å². The number of hydrogen-bond acceptors (Lipinski definition) is 2. The van der Waals surface area contributed by atoms with Gasteiger partial charge >= 0.3 is 0 Å². The van der Waals surface area contributed by atoms with Gasteiger partial charge in [-0.1, -0.05) is 18.2 Å². The van der Waals surface area contributed by atoms with Gasteiger partial charge in [0.05, 0.1) is 15.2 Å². The molecule has 2 rings (SSSR count). The zero-order chi connectivity index (χ0) is 13.1. The maximum absolute atomic E-state index is 13.7. The minimum absolute atomic E-state index is 0.178. The maximum Gasteiger partial charge on any atom is 0.140 e. The van der Waals surface area contributed by atoms with Gasteiger partial charge in [0.2, 0.25) is 0 Å². The molecular weight excluding hydrogens is 346 g/mol. The van der Waals surface area contributed by atoms with Gasteiger partial charge in [-0.15, -0.1) is 0 Å². The summed E-state index contributed by atoms with van der Waals surface area (Å²) in [5, 5.41) is 9.61. The van der Waals surface area contributed by atoms with Gasteiger partial charge in [0.1, 0.15) is 17.3 Å². The monoisotopic (exact) mass is 358 g/mol. The lowest BCUT2D eigenvalue weighted by Gasteiger charge is -2.14. The van der Waals surface area contributed by atoms with Crippen molar-refractivity contribution in [1.29, 1.82) is 0 Å². The Morgan fingerprint density at radius 3 is 2.44 bits per heavy atom. The smallest absolute Gasteiger partial charge is 0.140 e. The summed E-state index contributed by atoms with van der Waals surface area (Å²) in [5.41, 5.74) is 0.178. The van der Waals surface area contributed by atoms with Crippen molar-refractivity contribution in [2.45, 2.75) is 13.0 Å². The highest BCUT2D eigenvalue weighted by Crippen LogP contribution is 2.33. The van der Waals surface area contributed by atoms with Crippen molar-refractivity contribution >= 4 is 22.6 Å². The zero-order valence-electron chi connectivity index (χ0n) is 9.73. The number of halogens is 2. The van der Waals surface area contributed by atoms with Crippen LogP contribution in [0, 0.1) is 9.39 Å².